The number of amides is 1. The molecule has 0 aliphatic heterocycles. The van der Waals surface area contributed by atoms with Crippen molar-refractivity contribution in [2.45, 2.75) is 104 Å². The normalized spacial score (nSPS) is 12.0. The average Bonchev–Trinajstić information content (AvgIpc) is 3.00. The summed E-state index contributed by atoms with van der Waals surface area (Å²) in [7, 11) is 3.15. The number of ether oxygens (including phenoxy) is 2. The molecule has 1 unspecified atom stereocenters. The zero-order chi connectivity index (χ0) is 30.5. The van der Waals surface area contributed by atoms with E-state index in [1.165, 1.54) is 44.9 Å². The van der Waals surface area contributed by atoms with E-state index in [0.29, 0.717) is 51.4 Å². The van der Waals surface area contributed by atoms with E-state index in [1.807, 2.05) is 30.0 Å². The molecule has 0 radical (unpaired) electrons. The van der Waals surface area contributed by atoms with Crippen LogP contribution in [0.4, 0.5) is 0 Å². The average molecular weight is 643 g/mol. The monoisotopic (exact) mass is 641 g/mol. The summed E-state index contributed by atoms with van der Waals surface area (Å²) in [5.74, 6) is 1.70. The second-order valence-corrected chi connectivity index (χ2v) is 11.8. The third-order valence-corrected chi connectivity index (χ3v) is 8.70. The summed E-state index contributed by atoms with van der Waals surface area (Å²) in [6.45, 7) is 6.95. The van der Waals surface area contributed by atoms with Gasteiger partial charge < -0.3 is 14.4 Å². The number of nitrogens with zero attached hydrogens (tertiary/aromatic N) is 3. The number of benzene rings is 2. The Labute approximate surface area is 259 Å². The van der Waals surface area contributed by atoms with E-state index in [0.717, 1.165) is 25.7 Å². The van der Waals surface area contributed by atoms with E-state index in [2.05, 4.69) is 29.8 Å². The molecular formula is C34H48BrN3O4. The molecule has 0 aliphatic carbocycles. The van der Waals surface area contributed by atoms with Crippen LogP contribution in [0.2, 0.25) is 0 Å². The summed E-state index contributed by atoms with van der Waals surface area (Å²) in [5.41, 5.74) is 0.951. The number of carbonyl (C=O) groups excluding carboxylic acids is 1. The Morgan fingerprint density at radius 2 is 1.57 bits per heavy atom. The van der Waals surface area contributed by atoms with Crippen LogP contribution in [0.1, 0.15) is 110 Å². The number of fused-ring (bicyclic) bond motifs is 1. The summed E-state index contributed by atoms with van der Waals surface area (Å²) < 4.78 is 13.3. The van der Waals surface area contributed by atoms with Gasteiger partial charge >= 0.3 is 0 Å². The van der Waals surface area contributed by atoms with Gasteiger partial charge in [0.1, 0.15) is 17.3 Å². The maximum absolute atomic E-state index is 14.1. The Kier molecular flexibility index (Phi) is 13.8. The molecule has 42 heavy (non-hydrogen) atoms. The predicted octanol–water partition coefficient (Wildman–Crippen LogP) is 8.78. The van der Waals surface area contributed by atoms with Gasteiger partial charge in [0.25, 0.3) is 5.56 Å². The third kappa shape index (κ3) is 8.59. The largest absolute Gasteiger partial charge is 0.497 e. The van der Waals surface area contributed by atoms with Crippen LogP contribution in [0.15, 0.2) is 45.7 Å². The van der Waals surface area contributed by atoms with Crippen molar-refractivity contribution in [2.75, 3.05) is 20.8 Å². The van der Waals surface area contributed by atoms with Gasteiger partial charge in [0.2, 0.25) is 5.91 Å². The van der Waals surface area contributed by atoms with Crippen LogP contribution in [0.3, 0.4) is 0 Å². The fourth-order valence-electron chi connectivity index (χ4n) is 5.38. The zero-order valence-corrected chi connectivity index (χ0v) is 27.7. The van der Waals surface area contributed by atoms with Gasteiger partial charge in [-0.25, -0.2) is 4.98 Å². The zero-order valence-electron chi connectivity index (χ0n) is 26.1. The molecule has 3 rings (SSSR count). The topological polar surface area (TPSA) is 73.7 Å². The molecule has 0 aliphatic rings. The van der Waals surface area contributed by atoms with Crippen molar-refractivity contribution in [1.29, 1.82) is 0 Å². The van der Waals surface area contributed by atoms with Crippen molar-refractivity contribution in [1.82, 2.24) is 14.5 Å². The maximum atomic E-state index is 14.1. The second-order valence-electron chi connectivity index (χ2n) is 11.0. The molecule has 0 spiro atoms. The summed E-state index contributed by atoms with van der Waals surface area (Å²) >= 11 is 3.65. The minimum atomic E-state index is -0.427. The fourth-order valence-corrected chi connectivity index (χ4v) is 5.95. The predicted molar refractivity (Wildman–Crippen MR) is 175 cm³/mol. The highest BCUT2D eigenvalue weighted by Crippen LogP contribution is 2.37. The standard InChI is InChI=1S/C34H48BrN3O4/c1-6-8-10-11-12-13-14-15-16-21-31(39)37(22-9-7-2)25(3)33-36-28-20-18-17-19-27(28)34(40)38(33)29-23-26(41-4)24-30(42-5)32(29)35/h17-20,23-25H,6-16,21-22H2,1-5H3. The molecule has 0 saturated heterocycles. The first-order valence-corrected chi connectivity index (χ1v) is 16.4. The molecule has 3 aromatic rings. The Hall–Kier alpha value is -2.87. The molecule has 1 atom stereocenters. The van der Waals surface area contributed by atoms with E-state index < -0.39 is 6.04 Å². The van der Waals surface area contributed by atoms with Crippen LogP contribution >= 0.6 is 15.9 Å². The molecule has 1 heterocycles. The van der Waals surface area contributed by atoms with Gasteiger partial charge in [-0.1, -0.05) is 83.8 Å². The highest BCUT2D eigenvalue weighted by molar-refractivity contribution is 9.10. The Balaban J connectivity index is 1.94. The van der Waals surface area contributed by atoms with Crippen LogP contribution in [0, 0.1) is 0 Å². The SMILES string of the molecule is CCCCCCCCCCCC(=O)N(CCCC)C(C)c1nc2ccccc2c(=O)n1-c1cc(OC)cc(OC)c1Br. The lowest BCUT2D eigenvalue weighted by atomic mass is 10.1. The molecular weight excluding hydrogens is 594 g/mol. The van der Waals surface area contributed by atoms with Gasteiger partial charge in [-0.05, 0) is 47.8 Å². The molecule has 1 aromatic heterocycles. The lowest BCUT2D eigenvalue weighted by molar-refractivity contribution is -0.133. The van der Waals surface area contributed by atoms with Gasteiger partial charge in [-0.3, -0.25) is 14.2 Å². The van der Waals surface area contributed by atoms with E-state index >= 15 is 0 Å². The smallest absolute Gasteiger partial charge is 0.266 e. The van der Waals surface area contributed by atoms with Crippen LogP contribution < -0.4 is 15.0 Å². The second kappa shape index (κ2) is 17.3. The van der Waals surface area contributed by atoms with Gasteiger partial charge in [0.15, 0.2) is 0 Å². The first-order chi connectivity index (χ1) is 20.4. The molecule has 1 amide bonds. The lowest BCUT2D eigenvalue weighted by Crippen LogP contribution is -2.38. The third-order valence-electron chi connectivity index (χ3n) is 7.90. The van der Waals surface area contributed by atoms with Crippen molar-refractivity contribution < 1.29 is 14.3 Å². The highest BCUT2D eigenvalue weighted by Gasteiger charge is 2.28. The Bertz CT molecular complexity index is 1360. The number of halogens is 1. The van der Waals surface area contributed by atoms with Crippen molar-refractivity contribution >= 4 is 32.7 Å². The van der Waals surface area contributed by atoms with Crippen molar-refractivity contribution in [3.63, 3.8) is 0 Å². The van der Waals surface area contributed by atoms with E-state index in [1.54, 1.807) is 37.0 Å². The van der Waals surface area contributed by atoms with Crippen LogP contribution in [-0.2, 0) is 4.79 Å². The van der Waals surface area contributed by atoms with Crippen LogP contribution in [0.25, 0.3) is 16.6 Å². The minimum absolute atomic E-state index is 0.107. The number of hydrogen-bond acceptors (Lipinski definition) is 5. The van der Waals surface area contributed by atoms with E-state index in [9.17, 15) is 9.59 Å². The molecule has 0 bridgehead atoms. The van der Waals surface area contributed by atoms with Crippen molar-refractivity contribution in [3.05, 3.63) is 57.0 Å². The minimum Gasteiger partial charge on any atom is -0.497 e. The van der Waals surface area contributed by atoms with Gasteiger partial charge in [-0.15, -0.1) is 0 Å². The van der Waals surface area contributed by atoms with Crippen molar-refractivity contribution in [3.8, 4) is 17.2 Å². The van der Waals surface area contributed by atoms with Crippen molar-refractivity contribution in [2.24, 2.45) is 0 Å². The number of para-hydroxylation sites is 1. The lowest BCUT2D eigenvalue weighted by Gasteiger charge is -2.31. The summed E-state index contributed by atoms with van der Waals surface area (Å²) in [4.78, 5) is 34.7. The molecule has 0 saturated carbocycles. The molecule has 8 heteroatoms. The quantitative estimate of drug-likeness (QED) is 0.130. The summed E-state index contributed by atoms with van der Waals surface area (Å²) in [5, 5.41) is 0.503. The number of unbranched alkanes of at least 4 members (excludes halogenated alkanes) is 9. The number of hydrogen-bond donors (Lipinski definition) is 0. The van der Waals surface area contributed by atoms with E-state index in [4.69, 9.17) is 14.5 Å². The molecule has 230 valence electrons. The first-order valence-electron chi connectivity index (χ1n) is 15.6. The highest BCUT2D eigenvalue weighted by atomic mass is 79.9. The van der Waals surface area contributed by atoms with Gasteiger partial charge in [-0.2, -0.15) is 0 Å². The fraction of sp³-hybridized carbons (Fsp3) is 0.559. The molecule has 2 aromatic carbocycles. The van der Waals surface area contributed by atoms with Gasteiger partial charge in [0.05, 0.1) is 41.3 Å². The first kappa shape index (κ1) is 33.6. The van der Waals surface area contributed by atoms with Gasteiger partial charge in [0, 0.05) is 25.1 Å². The molecule has 0 N–H and O–H groups in total. The number of carbonyl (C=O) groups is 1. The molecule has 7 nitrogen and oxygen atoms in total. The summed E-state index contributed by atoms with van der Waals surface area (Å²) in [6.07, 6.45) is 13.2. The summed E-state index contributed by atoms with van der Waals surface area (Å²) in [6, 6.07) is 10.5. The van der Waals surface area contributed by atoms with E-state index in [-0.39, 0.29) is 11.5 Å². The van der Waals surface area contributed by atoms with Crippen LogP contribution in [0.5, 0.6) is 11.5 Å². The number of rotatable bonds is 18. The van der Waals surface area contributed by atoms with Crippen LogP contribution in [-0.4, -0.2) is 41.1 Å². The number of aromatic nitrogens is 2. The molecule has 0 fully saturated rings. The maximum Gasteiger partial charge on any atom is 0.266 e. The Morgan fingerprint density at radius 3 is 2.21 bits per heavy atom. The Morgan fingerprint density at radius 1 is 0.929 bits per heavy atom. The number of methoxy groups -OCH3 is 2.